The molecule has 6 heteroatoms. The minimum Gasteiger partial charge on any atom is -0.474 e. The summed E-state index contributed by atoms with van der Waals surface area (Å²) in [5, 5.41) is 0.615. The van der Waals surface area contributed by atoms with Crippen molar-refractivity contribution in [3.05, 3.63) is 23.4 Å². The van der Waals surface area contributed by atoms with Crippen molar-refractivity contribution < 1.29 is 9.53 Å². The molecule has 1 aromatic rings. The molecule has 142 valence electrons. The summed E-state index contributed by atoms with van der Waals surface area (Å²) in [6.45, 7) is 3.91. The molecule has 1 amide bonds. The number of carbonyl (C=O) groups is 1. The summed E-state index contributed by atoms with van der Waals surface area (Å²) in [5.74, 6) is 1.15. The van der Waals surface area contributed by atoms with E-state index in [9.17, 15) is 4.79 Å². The van der Waals surface area contributed by atoms with E-state index in [4.69, 9.17) is 16.3 Å². The summed E-state index contributed by atoms with van der Waals surface area (Å²) < 4.78 is 5.94. The Morgan fingerprint density at radius 1 is 1.04 bits per heavy atom. The number of aromatic nitrogens is 1. The number of pyridine rings is 1. The highest BCUT2D eigenvalue weighted by Gasteiger charge is 2.33. The van der Waals surface area contributed by atoms with E-state index in [1.54, 1.807) is 18.3 Å². The maximum absolute atomic E-state index is 12.9. The van der Waals surface area contributed by atoms with Gasteiger partial charge in [0.2, 0.25) is 11.8 Å². The fourth-order valence-electron chi connectivity index (χ4n) is 4.35. The Bertz CT molecular complexity index is 604. The molecule has 3 aliphatic rings. The van der Waals surface area contributed by atoms with Gasteiger partial charge in [0.05, 0.1) is 5.02 Å². The van der Waals surface area contributed by atoms with E-state index in [0.717, 1.165) is 57.9 Å². The Balaban J connectivity index is 1.21. The number of piperazine rings is 1. The zero-order valence-electron chi connectivity index (χ0n) is 15.3. The second-order valence-electron chi connectivity index (χ2n) is 7.85. The highest BCUT2D eigenvalue weighted by atomic mass is 35.5. The predicted molar refractivity (Wildman–Crippen MR) is 101 cm³/mol. The second kappa shape index (κ2) is 8.13. The smallest absolute Gasteiger partial charge is 0.225 e. The summed E-state index contributed by atoms with van der Waals surface area (Å²) >= 11 is 5.86. The van der Waals surface area contributed by atoms with E-state index in [1.165, 1.54) is 19.3 Å². The van der Waals surface area contributed by atoms with Gasteiger partial charge < -0.3 is 9.64 Å². The topological polar surface area (TPSA) is 45.7 Å². The Kier molecular flexibility index (Phi) is 5.65. The summed E-state index contributed by atoms with van der Waals surface area (Å²) in [5.41, 5.74) is 0. The maximum Gasteiger partial charge on any atom is 0.225 e. The highest BCUT2D eigenvalue weighted by molar-refractivity contribution is 6.30. The van der Waals surface area contributed by atoms with Gasteiger partial charge in [-0.3, -0.25) is 9.69 Å². The van der Waals surface area contributed by atoms with E-state index < -0.39 is 0 Å². The van der Waals surface area contributed by atoms with Crippen LogP contribution in [0.15, 0.2) is 18.3 Å². The first-order valence-corrected chi connectivity index (χ1v) is 10.4. The van der Waals surface area contributed by atoms with Crippen LogP contribution in [0.3, 0.4) is 0 Å². The molecule has 4 rings (SSSR count). The molecule has 3 fully saturated rings. The number of carbonyl (C=O) groups excluding carboxylic acids is 1. The minimum atomic E-state index is 0.156. The third kappa shape index (κ3) is 4.15. The largest absolute Gasteiger partial charge is 0.474 e. The SMILES string of the molecule is O=C(C1CCC(Oc2ccc(Cl)cn2)CC1)N1CCN(C2CCC2)CC1. The number of nitrogens with zero attached hydrogens (tertiary/aromatic N) is 3. The summed E-state index contributed by atoms with van der Waals surface area (Å²) in [6, 6.07) is 4.39. The molecule has 1 saturated heterocycles. The number of hydrogen-bond donors (Lipinski definition) is 0. The van der Waals surface area contributed by atoms with Crippen molar-refractivity contribution in [3.63, 3.8) is 0 Å². The van der Waals surface area contributed by atoms with Crippen LogP contribution in [-0.4, -0.2) is 59.0 Å². The third-order valence-electron chi connectivity index (χ3n) is 6.23. The van der Waals surface area contributed by atoms with Gasteiger partial charge in [0.15, 0.2) is 0 Å². The van der Waals surface area contributed by atoms with Gasteiger partial charge in [-0.05, 0) is 44.6 Å². The molecule has 1 aliphatic heterocycles. The van der Waals surface area contributed by atoms with Crippen molar-refractivity contribution in [1.29, 1.82) is 0 Å². The Morgan fingerprint density at radius 3 is 2.35 bits per heavy atom. The fourth-order valence-corrected chi connectivity index (χ4v) is 4.46. The molecule has 0 bridgehead atoms. The normalized spacial score (nSPS) is 27.8. The van der Waals surface area contributed by atoms with Crippen LogP contribution in [0.2, 0.25) is 5.02 Å². The maximum atomic E-state index is 12.9. The molecular formula is C20H28ClN3O2. The van der Waals surface area contributed by atoms with Crippen LogP contribution in [0.5, 0.6) is 5.88 Å². The van der Waals surface area contributed by atoms with Crippen LogP contribution in [-0.2, 0) is 4.79 Å². The molecule has 0 N–H and O–H groups in total. The molecule has 2 heterocycles. The number of amides is 1. The van der Waals surface area contributed by atoms with Crippen LogP contribution in [0.4, 0.5) is 0 Å². The predicted octanol–water partition coefficient (Wildman–Crippen LogP) is 3.37. The molecule has 0 spiro atoms. The number of hydrogen-bond acceptors (Lipinski definition) is 4. The van der Waals surface area contributed by atoms with Gasteiger partial charge in [0.1, 0.15) is 6.10 Å². The average Bonchev–Trinajstić information content (AvgIpc) is 2.63. The van der Waals surface area contributed by atoms with Crippen molar-refractivity contribution in [1.82, 2.24) is 14.8 Å². The van der Waals surface area contributed by atoms with Crippen molar-refractivity contribution in [2.75, 3.05) is 26.2 Å². The summed E-state index contributed by atoms with van der Waals surface area (Å²) in [4.78, 5) is 21.7. The van der Waals surface area contributed by atoms with Gasteiger partial charge >= 0.3 is 0 Å². The summed E-state index contributed by atoms with van der Waals surface area (Å²) in [7, 11) is 0. The molecule has 0 radical (unpaired) electrons. The van der Waals surface area contributed by atoms with E-state index in [2.05, 4.69) is 14.8 Å². The lowest BCUT2D eigenvalue weighted by Gasteiger charge is -2.43. The van der Waals surface area contributed by atoms with Crippen molar-refractivity contribution in [2.24, 2.45) is 5.92 Å². The van der Waals surface area contributed by atoms with Crippen molar-refractivity contribution in [3.8, 4) is 5.88 Å². The lowest BCUT2D eigenvalue weighted by molar-refractivity contribution is -0.139. The first-order chi connectivity index (χ1) is 12.7. The quantitative estimate of drug-likeness (QED) is 0.807. The van der Waals surface area contributed by atoms with E-state index >= 15 is 0 Å². The van der Waals surface area contributed by atoms with E-state index in [1.807, 2.05) is 0 Å². The number of halogens is 1. The molecule has 0 atom stereocenters. The molecule has 0 aromatic carbocycles. The van der Waals surface area contributed by atoms with Gasteiger partial charge in [-0.1, -0.05) is 18.0 Å². The highest BCUT2D eigenvalue weighted by Crippen LogP contribution is 2.30. The van der Waals surface area contributed by atoms with Gasteiger partial charge in [-0.2, -0.15) is 0 Å². The van der Waals surface area contributed by atoms with Gasteiger partial charge in [0, 0.05) is 50.4 Å². The number of ether oxygens (including phenoxy) is 1. The molecular weight excluding hydrogens is 350 g/mol. The zero-order valence-corrected chi connectivity index (χ0v) is 16.0. The molecule has 26 heavy (non-hydrogen) atoms. The van der Waals surface area contributed by atoms with Crippen LogP contribution < -0.4 is 4.74 Å². The Morgan fingerprint density at radius 2 is 1.77 bits per heavy atom. The first-order valence-electron chi connectivity index (χ1n) is 10.00. The molecule has 0 unspecified atom stereocenters. The molecule has 2 aliphatic carbocycles. The van der Waals surface area contributed by atoms with Gasteiger partial charge in [-0.15, -0.1) is 0 Å². The molecule has 1 aromatic heterocycles. The van der Waals surface area contributed by atoms with Gasteiger partial charge in [0.25, 0.3) is 0 Å². The van der Waals surface area contributed by atoms with Crippen molar-refractivity contribution in [2.45, 2.75) is 57.1 Å². The Labute approximate surface area is 160 Å². The average molecular weight is 378 g/mol. The van der Waals surface area contributed by atoms with Crippen LogP contribution in [0, 0.1) is 5.92 Å². The van der Waals surface area contributed by atoms with Crippen molar-refractivity contribution >= 4 is 17.5 Å². The lowest BCUT2D eigenvalue weighted by atomic mass is 9.86. The van der Waals surface area contributed by atoms with Gasteiger partial charge in [-0.25, -0.2) is 4.98 Å². The van der Waals surface area contributed by atoms with E-state index in [-0.39, 0.29) is 12.0 Å². The first kappa shape index (κ1) is 18.1. The van der Waals surface area contributed by atoms with Crippen LogP contribution in [0.1, 0.15) is 44.9 Å². The standard InChI is InChI=1S/C20H28ClN3O2/c21-16-6-9-19(22-14-16)26-18-7-4-15(5-8-18)20(25)24-12-10-23(11-13-24)17-2-1-3-17/h6,9,14-15,17-18H,1-5,7-8,10-13H2. The summed E-state index contributed by atoms with van der Waals surface area (Å²) in [6.07, 6.45) is 9.51. The fraction of sp³-hybridized carbons (Fsp3) is 0.700. The Hall–Kier alpha value is -1.33. The van der Waals surface area contributed by atoms with Crippen LogP contribution >= 0.6 is 11.6 Å². The number of rotatable bonds is 4. The van der Waals surface area contributed by atoms with Crippen LogP contribution in [0.25, 0.3) is 0 Å². The molecule has 2 saturated carbocycles. The monoisotopic (exact) mass is 377 g/mol. The second-order valence-corrected chi connectivity index (χ2v) is 8.29. The zero-order chi connectivity index (χ0) is 17.9. The minimum absolute atomic E-state index is 0.156. The van der Waals surface area contributed by atoms with E-state index in [0.29, 0.717) is 16.8 Å². The lowest BCUT2D eigenvalue weighted by Crippen LogP contribution is -2.54. The third-order valence-corrected chi connectivity index (χ3v) is 6.45. The molecule has 5 nitrogen and oxygen atoms in total.